The SMILES string of the molecule is COc1ncc(C(=O)N2CCC(O)(Cn3ccnn3)C2)cc1Cl. The summed E-state index contributed by atoms with van der Waals surface area (Å²) in [6.45, 7) is 0.960. The number of carbonyl (C=O) groups is 1. The van der Waals surface area contributed by atoms with Gasteiger partial charge in [0, 0.05) is 18.9 Å². The van der Waals surface area contributed by atoms with E-state index in [9.17, 15) is 9.90 Å². The van der Waals surface area contributed by atoms with Crippen LogP contribution < -0.4 is 4.74 Å². The molecule has 1 aliphatic rings. The van der Waals surface area contributed by atoms with Crippen molar-refractivity contribution in [2.45, 2.75) is 18.6 Å². The Balaban J connectivity index is 1.70. The van der Waals surface area contributed by atoms with Gasteiger partial charge in [0.15, 0.2) is 0 Å². The molecule has 1 atom stereocenters. The highest BCUT2D eigenvalue weighted by Crippen LogP contribution is 2.26. The zero-order valence-electron chi connectivity index (χ0n) is 12.5. The molecule has 1 unspecified atom stereocenters. The molecule has 0 aliphatic carbocycles. The monoisotopic (exact) mass is 337 g/mol. The van der Waals surface area contributed by atoms with Crippen LogP contribution in [-0.2, 0) is 6.54 Å². The fraction of sp³-hybridized carbons (Fsp3) is 0.429. The maximum Gasteiger partial charge on any atom is 0.255 e. The number of ether oxygens (including phenoxy) is 1. The molecule has 0 saturated carbocycles. The van der Waals surface area contributed by atoms with Crippen molar-refractivity contribution >= 4 is 17.5 Å². The smallest absolute Gasteiger partial charge is 0.255 e. The lowest BCUT2D eigenvalue weighted by Gasteiger charge is -2.23. The van der Waals surface area contributed by atoms with Gasteiger partial charge < -0.3 is 14.7 Å². The molecule has 1 fully saturated rings. The van der Waals surface area contributed by atoms with Crippen molar-refractivity contribution in [3.63, 3.8) is 0 Å². The molecule has 2 aromatic rings. The largest absolute Gasteiger partial charge is 0.480 e. The number of likely N-dealkylation sites (tertiary alicyclic amines) is 1. The summed E-state index contributed by atoms with van der Waals surface area (Å²) in [6.07, 6.45) is 5.11. The van der Waals surface area contributed by atoms with E-state index in [0.717, 1.165) is 0 Å². The highest BCUT2D eigenvalue weighted by atomic mass is 35.5. The zero-order valence-corrected chi connectivity index (χ0v) is 13.3. The summed E-state index contributed by atoms with van der Waals surface area (Å²) in [5.41, 5.74) is -0.659. The van der Waals surface area contributed by atoms with Gasteiger partial charge in [-0.05, 0) is 12.5 Å². The maximum atomic E-state index is 12.5. The Morgan fingerprint density at radius 3 is 3.04 bits per heavy atom. The van der Waals surface area contributed by atoms with Crippen LogP contribution in [-0.4, -0.2) is 61.7 Å². The zero-order chi connectivity index (χ0) is 16.4. The highest BCUT2D eigenvalue weighted by molar-refractivity contribution is 6.32. The number of nitrogens with zero attached hydrogens (tertiary/aromatic N) is 5. The van der Waals surface area contributed by atoms with Crippen molar-refractivity contribution in [3.05, 3.63) is 35.2 Å². The third kappa shape index (κ3) is 3.27. The van der Waals surface area contributed by atoms with Crippen LogP contribution in [0.4, 0.5) is 0 Å². The van der Waals surface area contributed by atoms with E-state index in [1.54, 1.807) is 22.0 Å². The third-order valence-corrected chi connectivity index (χ3v) is 4.07. The summed E-state index contributed by atoms with van der Waals surface area (Å²) in [7, 11) is 1.46. The van der Waals surface area contributed by atoms with Crippen molar-refractivity contribution in [1.29, 1.82) is 0 Å². The topological polar surface area (TPSA) is 93.4 Å². The van der Waals surface area contributed by atoms with Crippen LogP contribution in [0, 0.1) is 0 Å². The van der Waals surface area contributed by atoms with Gasteiger partial charge >= 0.3 is 0 Å². The quantitative estimate of drug-likeness (QED) is 0.878. The molecular weight excluding hydrogens is 322 g/mol. The molecule has 1 saturated heterocycles. The molecule has 0 radical (unpaired) electrons. The van der Waals surface area contributed by atoms with Crippen LogP contribution in [0.5, 0.6) is 5.88 Å². The van der Waals surface area contributed by atoms with E-state index in [1.807, 2.05) is 0 Å². The maximum absolute atomic E-state index is 12.5. The number of methoxy groups -OCH3 is 1. The average molecular weight is 338 g/mol. The summed E-state index contributed by atoms with van der Waals surface area (Å²) in [5.74, 6) is 0.0453. The van der Waals surface area contributed by atoms with Gasteiger partial charge in [0.05, 0.1) is 32.0 Å². The van der Waals surface area contributed by atoms with Crippen LogP contribution in [0.1, 0.15) is 16.8 Å². The number of carbonyl (C=O) groups excluding carboxylic acids is 1. The van der Waals surface area contributed by atoms with Crippen LogP contribution in [0.25, 0.3) is 0 Å². The predicted molar refractivity (Wildman–Crippen MR) is 81.3 cm³/mol. The molecule has 3 heterocycles. The first-order valence-corrected chi connectivity index (χ1v) is 7.44. The number of pyridine rings is 1. The van der Waals surface area contributed by atoms with Crippen molar-refractivity contribution in [1.82, 2.24) is 24.9 Å². The predicted octanol–water partition coefficient (Wildman–Crippen LogP) is 0.612. The lowest BCUT2D eigenvalue weighted by Crippen LogP contribution is -2.39. The molecule has 1 amide bonds. The normalized spacial score (nSPS) is 20.7. The second kappa shape index (κ2) is 6.13. The van der Waals surface area contributed by atoms with Crippen molar-refractivity contribution in [2.75, 3.05) is 20.2 Å². The molecule has 122 valence electrons. The van der Waals surface area contributed by atoms with Gasteiger partial charge in [-0.1, -0.05) is 16.8 Å². The number of rotatable bonds is 4. The second-order valence-electron chi connectivity index (χ2n) is 5.52. The highest BCUT2D eigenvalue weighted by Gasteiger charge is 2.39. The van der Waals surface area contributed by atoms with E-state index in [-0.39, 0.29) is 23.4 Å². The molecule has 8 nitrogen and oxygen atoms in total. The van der Waals surface area contributed by atoms with Gasteiger partial charge in [-0.15, -0.1) is 5.10 Å². The Morgan fingerprint density at radius 1 is 1.57 bits per heavy atom. The second-order valence-corrected chi connectivity index (χ2v) is 5.92. The minimum absolute atomic E-state index is 0.218. The fourth-order valence-corrected chi connectivity index (χ4v) is 2.90. The molecule has 23 heavy (non-hydrogen) atoms. The summed E-state index contributed by atoms with van der Waals surface area (Å²) in [6, 6.07) is 1.52. The molecule has 2 aromatic heterocycles. The lowest BCUT2D eigenvalue weighted by molar-refractivity contribution is 0.0266. The molecule has 1 aliphatic heterocycles. The number of hydrogen-bond donors (Lipinski definition) is 1. The van der Waals surface area contributed by atoms with Crippen LogP contribution in [0.15, 0.2) is 24.7 Å². The van der Waals surface area contributed by atoms with Gasteiger partial charge in [-0.25, -0.2) is 9.67 Å². The van der Waals surface area contributed by atoms with E-state index in [4.69, 9.17) is 16.3 Å². The number of aromatic nitrogens is 4. The van der Waals surface area contributed by atoms with E-state index >= 15 is 0 Å². The number of halogens is 1. The minimum atomic E-state index is -1.02. The average Bonchev–Trinajstić information content (AvgIpc) is 3.16. The first-order valence-electron chi connectivity index (χ1n) is 7.06. The van der Waals surface area contributed by atoms with Gasteiger partial charge in [0.2, 0.25) is 5.88 Å². The third-order valence-electron chi connectivity index (χ3n) is 3.80. The van der Waals surface area contributed by atoms with E-state index in [0.29, 0.717) is 25.1 Å². The Morgan fingerprint density at radius 2 is 2.39 bits per heavy atom. The first kappa shape index (κ1) is 15.7. The molecule has 9 heteroatoms. The molecule has 0 aromatic carbocycles. The Labute approximate surface area is 137 Å². The van der Waals surface area contributed by atoms with Crippen LogP contribution >= 0.6 is 11.6 Å². The van der Waals surface area contributed by atoms with Crippen LogP contribution in [0.2, 0.25) is 5.02 Å². The first-order chi connectivity index (χ1) is 11.0. The standard InChI is InChI=1S/C14H16ClN5O3/c1-23-12-11(15)6-10(7-16-12)13(21)19-4-2-14(22,8-19)9-20-5-3-17-18-20/h3,5-7,22H,2,4,8-9H2,1H3. The van der Waals surface area contributed by atoms with Gasteiger partial charge in [0.1, 0.15) is 10.6 Å². The van der Waals surface area contributed by atoms with Gasteiger partial charge in [-0.3, -0.25) is 4.79 Å². The molecule has 0 spiro atoms. The molecule has 1 N–H and O–H groups in total. The minimum Gasteiger partial charge on any atom is -0.480 e. The Bertz CT molecular complexity index is 708. The number of β-amino-alcohol motifs (C(OH)–C–C–N with tert-alkyl or cyclic N) is 1. The summed E-state index contributed by atoms with van der Waals surface area (Å²) in [5, 5.41) is 18.5. The van der Waals surface area contributed by atoms with E-state index in [2.05, 4.69) is 15.3 Å². The van der Waals surface area contributed by atoms with E-state index in [1.165, 1.54) is 19.4 Å². The Hall–Kier alpha value is -2.19. The number of aliphatic hydroxyl groups is 1. The number of amides is 1. The van der Waals surface area contributed by atoms with Gasteiger partial charge in [-0.2, -0.15) is 0 Å². The summed E-state index contributed by atoms with van der Waals surface area (Å²) in [4.78, 5) is 18.1. The molecular formula is C14H16ClN5O3. The number of hydrogen-bond acceptors (Lipinski definition) is 6. The summed E-state index contributed by atoms with van der Waals surface area (Å²) >= 11 is 6.00. The van der Waals surface area contributed by atoms with Crippen molar-refractivity contribution < 1.29 is 14.6 Å². The van der Waals surface area contributed by atoms with Gasteiger partial charge in [0.25, 0.3) is 5.91 Å². The van der Waals surface area contributed by atoms with Crippen molar-refractivity contribution in [3.8, 4) is 5.88 Å². The lowest BCUT2D eigenvalue weighted by atomic mass is 10.0. The molecule has 3 rings (SSSR count). The van der Waals surface area contributed by atoms with Crippen LogP contribution in [0.3, 0.4) is 0 Å². The summed E-state index contributed by atoms with van der Waals surface area (Å²) < 4.78 is 6.53. The fourth-order valence-electron chi connectivity index (χ4n) is 2.65. The molecule has 0 bridgehead atoms. The Kier molecular flexibility index (Phi) is 4.18. The van der Waals surface area contributed by atoms with E-state index < -0.39 is 5.60 Å². The van der Waals surface area contributed by atoms with Crippen molar-refractivity contribution in [2.24, 2.45) is 0 Å².